The number of nitrogens with zero attached hydrogens (tertiary/aromatic N) is 3. The lowest BCUT2D eigenvalue weighted by molar-refractivity contribution is 0.324. The van der Waals surface area contributed by atoms with Crippen LogP contribution in [0.4, 0.5) is 5.95 Å². The van der Waals surface area contributed by atoms with E-state index < -0.39 is 0 Å². The Morgan fingerprint density at radius 3 is 2.94 bits per heavy atom. The van der Waals surface area contributed by atoms with E-state index in [-0.39, 0.29) is 0 Å². The van der Waals surface area contributed by atoms with Crippen molar-refractivity contribution in [2.75, 3.05) is 18.1 Å². The molecule has 0 spiro atoms. The molecule has 2 unspecified atom stereocenters. The second-order valence-electron chi connectivity index (χ2n) is 4.91. The maximum Gasteiger partial charge on any atom is 0.229 e. The number of nitrogens with two attached hydrogens (primary N) is 1. The van der Waals surface area contributed by atoms with E-state index in [4.69, 9.17) is 10.5 Å². The smallest absolute Gasteiger partial charge is 0.229 e. The molecule has 1 aromatic heterocycles. The van der Waals surface area contributed by atoms with Gasteiger partial charge in [-0.25, -0.2) is 4.98 Å². The van der Waals surface area contributed by atoms with E-state index in [0.29, 0.717) is 24.6 Å². The van der Waals surface area contributed by atoms with Gasteiger partial charge in [0.2, 0.25) is 11.8 Å². The fourth-order valence-corrected chi connectivity index (χ4v) is 2.38. The number of hydrogen-bond acceptors (Lipinski definition) is 5. The van der Waals surface area contributed by atoms with Crippen molar-refractivity contribution in [2.45, 2.75) is 45.7 Å². The molecule has 0 saturated carbocycles. The van der Waals surface area contributed by atoms with Gasteiger partial charge in [-0.1, -0.05) is 0 Å². The molecule has 1 aliphatic rings. The normalized spacial score (nSPS) is 24.1. The van der Waals surface area contributed by atoms with Gasteiger partial charge in [0, 0.05) is 30.4 Å². The minimum absolute atomic E-state index is 0.299. The first kappa shape index (κ1) is 13.1. The summed E-state index contributed by atoms with van der Waals surface area (Å²) < 4.78 is 5.47. The molecule has 0 aliphatic carbocycles. The first-order valence-corrected chi connectivity index (χ1v) is 6.61. The third-order valence-corrected chi connectivity index (χ3v) is 3.28. The Kier molecular flexibility index (Phi) is 4.01. The Hall–Kier alpha value is -1.36. The molecule has 0 aromatic carbocycles. The maximum absolute atomic E-state index is 5.98. The Labute approximate surface area is 108 Å². The van der Waals surface area contributed by atoms with Crippen LogP contribution in [0.3, 0.4) is 0 Å². The highest BCUT2D eigenvalue weighted by atomic mass is 16.5. The Balaban J connectivity index is 2.21. The third-order valence-electron chi connectivity index (χ3n) is 3.28. The lowest BCUT2D eigenvalue weighted by atomic mass is 10.00. The number of ether oxygens (including phenoxy) is 1. The average molecular weight is 250 g/mol. The number of rotatable bonds is 3. The lowest BCUT2D eigenvalue weighted by Gasteiger charge is -2.36. The molecule has 2 N–H and O–H groups in total. The van der Waals surface area contributed by atoms with Crippen LogP contribution in [0.5, 0.6) is 5.88 Å². The van der Waals surface area contributed by atoms with Gasteiger partial charge in [0.1, 0.15) is 0 Å². The van der Waals surface area contributed by atoms with Crippen molar-refractivity contribution in [3.05, 3.63) is 11.8 Å². The summed E-state index contributed by atoms with van der Waals surface area (Å²) in [6.07, 6.45) is 1.98. The SMILES string of the molecule is CCOc1cc(C)nc(N2CCC(N)CC2C)n1. The second kappa shape index (κ2) is 5.52. The van der Waals surface area contributed by atoms with Crippen molar-refractivity contribution in [1.82, 2.24) is 9.97 Å². The van der Waals surface area contributed by atoms with E-state index >= 15 is 0 Å². The summed E-state index contributed by atoms with van der Waals surface area (Å²) in [7, 11) is 0. The van der Waals surface area contributed by atoms with E-state index in [9.17, 15) is 0 Å². The van der Waals surface area contributed by atoms with Gasteiger partial charge in [-0.3, -0.25) is 0 Å². The van der Waals surface area contributed by atoms with Crippen LogP contribution in [-0.4, -0.2) is 35.2 Å². The molecule has 0 radical (unpaired) electrons. The van der Waals surface area contributed by atoms with Crippen LogP contribution < -0.4 is 15.4 Å². The quantitative estimate of drug-likeness (QED) is 0.880. The number of anilines is 1. The van der Waals surface area contributed by atoms with Gasteiger partial charge >= 0.3 is 0 Å². The molecule has 1 aliphatic heterocycles. The van der Waals surface area contributed by atoms with Crippen molar-refractivity contribution in [3.63, 3.8) is 0 Å². The van der Waals surface area contributed by atoms with Crippen molar-refractivity contribution in [3.8, 4) is 5.88 Å². The van der Waals surface area contributed by atoms with Gasteiger partial charge in [-0.05, 0) is 33.6 Å². The van der Waals surface area contributed by atoms with Gasteiger partial charge in [0.05, 0.1) is 6.61 Å². The van der Waals surface area contributed by atoms with E-state index in [1.807, 2.05) is 19.9 Å². The summed E-state index contributed by atoms with van der Waals surface area (Å²) in [4.78, 5) is 11.2. The molecule has 0 bridgehead atoms. The number of piperidine rings is 1. The molecule has 2 heterocycles. The molecule has 5 heteroatoms. The van der Waals surface area contributed by atoms with Gasteiger partial charge in [0.25, 0.3) is 0 Å². The number of aryl methyl sites for hydroxylation is 1. The standard InChI is InChI=1S/C13H22N4O/c1-4-18-12-7-9(2)15-13(16-12)17-6-5-11(14)8-10(17)3/h7,10-11H,4-6,8,14H2,1-3H3. The lowest BCUT2D eigenvalue weighted by Crippen LogP contribution is -2.46. The largest absolute Gasteiger partial charge is 0.478 e. The van der Waals surface area contributed by atoms with Crippen molar-refractivity contribution in [2.24, 2.45) is 5.73 Å². The van der Waals surface area contributed by atoms with E-state index in [0.717, 1.165) is 31.0 Å². The molecular weight excluding hydrogens is 228 g/mol. The molecule has 2 atom stereocenters. The Morgan fingerprint density at radius 2 is 2.28 bits per heavy atom. The van der Waals surface area contributed by atoms with Crippen LogP contribution in [0.15, 0.2) is 6.07 Å². The predicted molar refractivity (Wildman–Crippen MR) is 72.0 cm³/mol. The van der Waals surface area contributed by atoms with Gasteiger partial charge < -0.3 is 15.4 Å². The van der Waals surface area contributed by atoms with Gasteiger partial charge in [-0.15, -0.1) is 0 Å². The fraction of sp³-hybridized carbons (Fsp3) is 0.692. The minimum Gasteiger partial charge on any atom is -0.478 e. The Morgan fingerprint density at radius 1 is 1.50 bits per heavy atom. The molecule has 0 amide bonds. The summed E-state index contributed by atoms with van der Waals surface area (Å²) in [5.41, 5.74) is 6.92. The molecule has 100 valence electrons. The third kappa shape index (κ3) is 2.90. The van der Waals surface area contributed by atoms with Gasteiger partial charge in [-0.2, -0.15) is 4.98 Å². The molecule has 18 heavy (non-hydrogen) atoms. The van der Waals surface area contributed by atoms with Crippen molar-refractivity contribution in [1.29, 1.82) is 0 Å². The first-order chi connectivity index (χ1) is 8.60. The number of hydrogen-bond donors (Lipinski definition) is 1. The summed E-state index contributed by atoms with van der Waals surface area (Å²) in [5.74, 6) is 1.42. The van der Waals surface area contributed by atoms with E-state index in [2.05, 4.69) is 21.8 Å². The van der Waals surface area contributed by atoms with Crippen LogP contribution in [0, 0.1) is 6.92 Å². The molecular formula is C13H22N4O. The minimum atomic E-state index is 0.299. The van der Waals surface area contributed by atoms with Crippen LogP contribution >= 0.6 is 0 Å². The highest BCUT2D eigenvalue weighted by Crippen LogP contribution is 2.23. The molecule has 1 aromatic rings. The molecule has 2 rings (SSSR count). The predicted octanol–water partition coefficient (Wildman–Crippen LogP) is 1.50. The molecule has 5 nitrogen and oxygen atoms in total. The van der Waals surface area contributed by atoms with Gasteiger partial charge in [0.15, 0.2) is 0 Å². The van der Waals surface area contributed by atoms with Crippen LogP contribution in [-0.2, 0) is 0 Å². The van der Waals surface area contributed by atoms with Crippen molar-refractivity contribution < 1.29 is 4.74 Å². The summed E-state index contributed by atoms with van der Waals surface area (Å²) in [6, 6.07) is 2.55. The monoisotopic (exact) mass is 250 g/mol. The second-order valence-corrected chi connectivity index (χ2v) is 4.91. The summed E-state index contributed by atoms with van der Waals surface area (Å²) >= 11 is 0. The zero-order valence-electron chi connectivity index (χ0n) is 11.4. The topological polar surface area (TPSA) is 64.3 Å². The first-order valence-electron chi connectivity index (χ1n) is 6.61. The van der Waals surface area contributed by atoms with Crippen LogP contribution in [0.25, 0.3) is 0 Å². The highest BCUT2D eigenvalue weighted by Gasteiger charge is 2.25. The summed E-state index contributed by atoms with van der Waals surface area (Å²) in [6.45, 7) is 7.63. The maximum atomic E-state index is 5.98. The Bertz CT molecular complexity index is 410. The molecule has 1 fully saturated rings. The van der Waals surface area contributed by atoms with Crippen LogP contribution in [0.2, 0.25) is 0 Å². The van der Waals surface area contributed by atoms with E-state index in [1.54, 1.807) is 0 Å². The summed E-state index contributed by atoms with van der Waals surface area (Å²) in [5, 5.41) is 0. The molecule has 1 saturated heterocycles. The van der Waals surface area contributed by atoms with Crippen LogP contribution in [0.1, 0.15) is 32.4 Å². The highest BCUT2D eigenvalue weighted by molar-refractivity contribution is 5.36. The van der Waals surface area contributed by atoms with E-state index in [1.165, 1.54) is 0 Å². The average Bonchev–Trinajstić information content (AvgIpc) is 2.28. The zero-order chi connectivity index (χ0) is 13.1. The fourth-order valence-electron chi connectivity index (χ4n) is 2.38. The number of aromatic nitrogens is 2. The zero-order valence-corrected chi connectivity index (χ0v) is 11.4. The van der Waals surface area contributed by atoms with Crippen molar-refractivity contribution >= 4 is 5.95 Å².